The van der Waals surface area contributed by atoms with Crippen molar-refractivity contribution in [3.8, 4) is 0 Å². The lowest BCUT2D eigenvalue weighted by Gasteiger charge is -2.29. The molecule has 146 valence electrons. The summed E-state index contributed by atoms with van der Waals surface area (Å²) in [6, 6.07) is 15.2. The molecule has 2 saturated heterocycles. The second-order valence-corrected chi connectivity index (χ2v) is 7.37. The maximum atomic E-state index is 12.8. The Labute approximate surface area is 173 Å². The SMILES string of the molecule is Cl.Cl.O=C(CC1CC2CCC(C1)N2)NC(c1ccccc1)c1ccncc1. The van der Waals surface area contributed by atoms with Crippen molar-refractivity contribution in [1.82, 2.24) is 15.6 Å². The predicted octanol–water partition coefficient (Wildman–Crippen LogP) is 4.05. The van der Waals surface area contributed by atoms with E-state index in [1.54, 1.807) is 12.4 Å². The number of rotatable bonds is 5. The van der Waals surface area contributed by atoms with E-state index >= 15 is 0 Å². The minimum absolute atomic E-state index is 0. The summed E-state index contributed by atoms with van der Waals surface area (Å²) in [5.74, 6) is 0.657. The summed E-state index contributed by atoms with van der Waals surface area (Å²) in [7, 11) is 0. The van der Waals surface area contributed by atoms with Gasteiger partial charge in [-0.05, 0) is 54.9 Å². The Kier molecular flexibility index (Phi) is 8.08. The van der Waals surface area contributed by atoms with Gasteiger partial charge in [0.05, 0.1) is 6.04 Å². The first-order chi connectivity index (χ1) is 12.3. The van der Waals surface area contributed by atoms with E-state index in [1.165, 1.54) is 12.8 Å². The average molecular weight is 408 g/mol. The van der Waals surface area contributed by atoms with E-state index < -0.39 is 0 Å². The lowest BCUT2D eigenvalue weighted by Crippen LogP contribution is -2.40. The molecule has 0 radical (unpaired) electrons. The third-order valence-electron chi connectivity index (χ3n) is 5.52. The molecular weight excluding hydrogens is 381 g/mol. The minimum atomic E-state index is -0.116. The molecule has 1 amide bonds. The van der Waals surface area contributed by atoms with Crippen LogP contribution >= 0.6 is 24.8 Å². The number of nitrogens with zero attached hydrogens (tertiary/aromatic N) is 1. The summed E-state index contributed by atoms with van der Waals surface area (Å²) in [5, 5.41) is 6.91. The molecule has 1 aromatic carbocycles. The monoisotopic (exact) mass is 407 g/mol. The van der Waals surface area contributed by atoms with Crippen LogP contribution in [0.1, 0.15) is 49.3 Å². The smallest absolute Gasteiger partial charge is 0.221 e. The van der Waals surface area contributed by atoms with Gasteiger partial charge in [0, 0.05) is 30.9 Å². The van der Waals surface area contributed by atoms with E-state index in [0.29, 0.717) is 24.4 Å². The number of hydrogen-bond donors (Lipinski definition) is 2. The van der Waals surface area contributed by atoms with Crippen LogP contribution in [0.4, 0.5) is 0 Å². The molecule has 2 fully saturated rings. The fraction of sp³-hybridized carbons (Fsp3) is 0.429. The van der Waals surface area contributed by atoms with Crippen molar-refractivity contribution in [2.24, 2.45) is 5.92 Å². The Morgan fingerprint density at radius 2 is 1.59 bits per heavy atom. The summed E-state index contributed by atoms with van der Waals surface area (Å²) in [4.78, 5) is 16.9. The van der Waals surface area contributed by atoms with Crippen LogP contribution in [0.15, 0.2) is 54.9 Å². The Balaban J connectivity index is 0.00000131. The van der Waals surface area contributed by atoms with Gasteiger partial charge in [0.2, 0.25) is 5.91 Å². The van der Waals surface area contributed by atoms with Gasteiger partial charge in [0.15, 0.2) is 0 Å². The van der Waals surface area contributed by atoms with Crippen molar-refractivity contribution in [3.63, 3.8) is 0 Å². The van der Waals surface area contributed by atoms with E-state index in [4.69, 9.17) is 0 Å². The number of hydrogen-bond acceptors (Lipinski definition) is 3. The van der Waals surface area contributed by atoms with Gasteiger partial charge in [0.1, 0.15) is 0 Å². The van der Waals surface area contributed by atoms with Gasteiger partial charge >= 0.3 is 0 Å². The molecule has 0 spiro atoms. The highest BCUT2D eigenvalue weighted by Crippen LogP contribution is 2.33. The van der Waals surface area contributed by atoms with Crippen molar-refractivity contribution in [1.29, 1.82) is 0 Å². The second-order valence-electron chi connectivity index (χ2n) is 7.37. The third-order valence-corrected chi connectivity index (χ3v) is 5.52. The van der Waals surface area contributed by atoms with Crippen LogP contribution in [0, 0.1) is 5.92 Å². The molecule has 27 heavy (non-hydrogen) atoms. The summed E-state index contributed by atoms with van der Waals surface area (Å²) < 4.78 is 0. The molecular formula is C21H27Cl2N3O. The van der Waals surface area contributed by atoms with Crippen LogP contribution in [-0.4, -0.2) is 23.0 Å². The van der Waals surface area contributed by atoms with E-state index in [-0.39, 0.29) is 36.8 Å². The fourth-order valence-electron chi connectivity index (χ4n) is 4.38. The number of nitrogens with one attached hydrogen (secondary N) is 2. The normalized spacial score (nSPS) is 24.2. The van der Waals surface area contributed by atoms with Crippen LogP contribution in [0.3, 0.4) is 0 Å². The summed E-state index contributed by atoms with van der Waals surface area (Å²) in [5.41, 5.74) is 2.17. The molecule has 3 unspecified atom stereocenters. The van der Waals surface area contributed by atoms with Gasteiger partial charge in [-0.25, -0.2) is 0 Å². The molecule has 2 N–H and O–H groups in total. The van der Waals surface area contributed by atoms with E-state index in [1.807, 2.05) is 30.3 Å². The van der Waals surface area contributed by atoms with E-state index in [0.717, 1.165) is 24.0 Å². The molecule has 2 aromatic rings. The number of carbonyl (C=O) groups is 1. The number of piperidine rings is 1. The first-order valence-corrected chi connectivity index (χ1v) is 9.28. The second kappa shape index (κ2) is 10.1. The topological polar surface area (TPSA) is 54.0 Å². The number of benzene rings is 1. The Morgan fingerprint density at radius 1 is 1.00 bits per heavy atom. The highest BCUT2D eigenvalue weighted by molar-refractivity contribution is 5.85. The zero-order valence-electron chi connectivity index (χ0n) is 15.2. The van der Waals surface area contributed by atoms with Crippen LogP contribution in [0.5, 0.6) is 0 Å². The zero-order valence-corrected chi connectivity index (χ0v) is 16.8. The molecule has 1 aromatic heterocycles. The molecule has 0 saturated carbocycles. The van der Waals surface area contributed by atoms with Crippen LogP contribution in [0.2, 0.25) is 0 Å². The highest BCUT2D eigenvalue weighted by atomic mass is 35.5. The fourth-order valence-corrected chi connectivity index (χ4v) is 4.38. The van der Waals surface area contributed by atoms with Gasteiger partial charge in [-0.1, -0.05) is 30.3 Å². The summed E-state index contributed by atoms with van der Waals surface area (Å²) in [6.07, 6.45) is 9.00. The molecule has 6 heteroatoms. The Hall–Kier alpha value is -1.62. The molecule has 3 heterocycles. The quantitative estimate of drug-likeness (QED) is 0.785. The molecule has 2 aliphatic heterocycles. The van der Waals surface area contributed by atoms with Crippen molar-refractivity contribution in [2.45, 2.75) is 50.2 Å². The third kappa shape index (κ3) is 5.44. The van der Waals surface area contributed by atoms with E-state index in [9.17, 15) is 4.79 Å². The van der Waals surface area contributed by atoms with Crippen LogP contribution in [0.25, 0.3) is 0 Å². The molecule has 3 atom stereocenters. The molecule has 4 nitrogen and oxygen atoms in total. The standard InChI is InChI=1S/C21H25N3O.2ClH/c25-20(14-15-12-18-6-7-19(13-15)23-18)24-21(16-4-2-1-3-5-16)17-8-10-22-11-9-17;;/h1-5,8-11,15,18-19,21,23H,6-7,12-14H2,(H,24,25);2*1H. The van der Waals surface area contributed by atoms with Crippen LogP contribution < -0.4 is 10.6 Å². The maximum Gasteiger partial charge on any atom is 0.221 e. The number of halogens is 2. The van der Waals surface area contributed by atoms with Gasteiger partial charge in [-0.2, -0.15) is 0 Å². The molecule has 2 bridgehead atoms. The van der Waals surface area contributed by atoms with Crippen LogP contribution in [-0.2, 0) is 4.79 Å². The lowest BCUT2D eigenvalue weighted by atomic mass is 9.89. The van der Waals surface area contributed by atoms with Crippen molar-refractivity contribution < 1.29 is 4.79 Å². The van der Waals surface area contributed by atoms with Crippen molar-refractivity contribution in [3.05, 3.63) is 66.0 Å². The predicted molar refractivity (Wildman–Crippen MR) is 112 cm³/mol. The maximum absolute atomic E-state index is 12.8. The zero-order chi connectivity index (χ0) is 17.1. The van der Waals surface area contributed by atoms with Crippen molar-refractivity contribution in [2.75, 3.05) is 0 Å². The molecule has 4 rings (SSSR count). The lowest BCUT2D eigenvalue weighted by molar-refractivity contribution is -0.122. The Morgan fingerprint density at radius 3 is 2.22 bits per heavy atom. The summed E-state index contributed by atoms with van der Waals surface area (Å²) in [6.45, 7) is 0. The largest absolute Gasteiger partial charge is 0.345 e. The average Bonchev–Trinajstić information content (AvgIpc) is 2.99. The number of aromatic nitrogens is 1. The van der Waals surface area contributed by atoms with Gasteiger partial charge < -0.3 is 10.6 Å². The van der Waals surface area contributed by atoms with Gasteiger partial charge in [-0.3, -0.25) is 9.78 Å². The first-order valence-electron chi connectivity index (χ1n) is 9.28. The number of pyridine rings is 1. The highest BCUT2D eigenvalue weighted by Gasteiger charge is 2.34. The molecule has 0 aliphatic carbocycles. The number of carbonyl (C=O) groups excluding carboxylic acids is 1. The molecule has 2 aliphatic rings. The summed E-state index contributed by atoms with van der Waals surface area (Å²) >= 11 is 0. The van der Waals surface area contributed by atoms with Gasteiger partial charge in [0.25, 0.3) is 0 Å². The Bertz CT molecular complexity index is 662. The van der Waals surface area contributed by atoms with Gasteiger partial charge in [-0.15, -0.1) is 24.8 Å². The van der Waals surface area contributed by atoms with E-state index in [2.05, 4.69) is 27.8 Å². The minimum Gasteiger partial charge on any atom is -0.345 e. The number of amides is 1. The first kappa shape index (κ1) is 21.7. The number of fused-ring (bicyclic) bond motifs is 2. The van der Waals surface area contributed by atoms with Crippen molar-refractivity contribution >= 4 is 30.7 Å².